The largest absolute Gasteiger partial charge is 0.491 e. The Labute approximate surface area is 179 Å². The van der Waals surface area contributed by atoms with Crippen molar-refractivity contribution < 1.29 is 4.74 Å². The van der Waals surface area contributed by atoms with Crippen molar-refractivity contribution in [2.24, 2.45) is 0 Å². The van der Waals surface area contributed by atoms with Crippen molar-refractivity contribution in [1.82, 2.24) is 0 Å². The van der Waals surface area contributed by atoms with Crippen LogP contribution in [0.4, 0.5) is 0 Å². The minimum atomic E-state index is 0.291. The molecule has 2 aromatic carbocycles. The molecule has 0 fully saturated rings. The van der Waals surface area contributed by atoms with E-state index in [9.17, 15) is 0 Å². The van der Waals surface area contributed by atoms with E-state index in [4.69, 9.17) is 4.74 Å². The van der Waals surface area contributed by atoms with E-state index in [2.05, 4.69) is 69.3 Å². The van der Waals surface area contributed by atoms with Gasteiger partial charge in [-0.2, -0.15) is 0 Å². The van der Waals surface area contributed by atoms with Gasteiger partial charge in [0.2, 0.25) is 0 Å². The number of benzene rings is 2. The molecule has 29 heavy (non-hydrogen) atoms. The molecule has 160 valence electrons. The fraction of sp³-hybridized carbons (Fsp3) is 0.571. The van der Waals surface area contributed by atoms with Gasteiger partial charge >= 0.3 is 0 Å². The minimum absolute atomic E-state index is 0.291. The molecule has 0 aliphatic heterocycles. The molecule has 2 rings (SSSR count). The first kappa shape index (κ1) is 23.5. The fourth-order valence-electron chi connectivity index (χ4n) is 3.85. The Morgan fingerprint density at radius 1 is 0.621 bits per heavy atom. The zero-order chi connectivity index (χ0) is 20.7. The lowest BCUT2D eigenvalue weighted by molar-refractivity contribution is 0.206. The highest BCUT2D eigenvalue weighted by Crippen LogP contribution is 2.24. The third-order valence-electron chi connectivity index (χ3n) is 5.76. The Morgan fingerprint density at radius 2 is 1.14 bits per heavy atom. The topological polar surface area (TPSA) is 9.23 Å². The maximum absolute atomic E-state index is 6.08. The second kappa shape index (κ2) is 14.3. The number of unbranched alkanes of at least 4 members (excludes halogenated alkanes) is 8. The van der Waals surface area contributed by atoms with Crippen molar-refractivity contribution in [3.63, 3.8) is 0 Å². The fourth-order valence-corrected chi connectivity index (χ4v) is 3.85. The lowest BCUT2D eigenvalue weighted by Crippen LogP contribution is -2.11. The molecular weight excluding hydrogens is 352 g/mol. The van der Waals surface area contributed by atoms with E-state index in [0.717, 1.165) is 12.2 Å². The number of hydrogen-bond acceptors (Lipinski definition) is 1. The summed E-state index contributed by atoms with van der Waals surface area (Å²) in [4.78, 5) is 0. The average Bonchev–Trinajstić information content (AvgIpc) is 2.75. The molecule has 0 spiro atoms. The second-order valence-corrected chi connectivity index (χ2v) is 8.52. The van der Waals surface area contributed by atoms with Gasteiger partial charge in [-0.1, -0.05) is 102 Å². The van der Waals surface area contributed by atoms with E-state index in [1.54, 1.807) is 0 Å². The lowest BCUT2D eigenvalue weighted by atomic mass is 10.0. The molecule has 0 saturated carbocycles. The molecule has 0 heterocycles. The Hall–Kier alpha value is -1.76. The van der Waals surface area contributed by atoms with Crippen LogP contribution in [0.5, 0.6) is 5.75 Å². The molecule has 1 heteroatoms. The molecule has 0 N–H and O–H groups in total. The van der Waals surface area contributed by atoms with Crippen molar-refractivity contribution in [3.05, 3.63) is 54.1 Å². The van der Waals surface area contributed by atoms with Gasteiger partial charge in [0.25, 0.3) is 0 Å². The Balaban J connectivity index is 1.76. The van der Waals surface area contributed by atoms with Crippen LogP contribution in [-0.2, 0) is 6.42 Å². The van der Waals surface area contributed by atoms with Crippen molar-refractivity contribution in [2.75, 3.05) is 0 Å². The third kappa shape index (κ3) is 9.52. The SMILES string of the molecule is CCCCCCCCc1ccc(-c2ccc(OC(C)CCCCCC)cc2)cc1. The van der Waals surface area contributed by atoms with Crippen LogP contribution < -0.4 is 4.74 Å². The highest BCUT2D eigenvalue weighted by molar-refractivity contribution is 5.64. The maximum atomic E-state index is 6.08. The van der Waals surface area contributed by atoms with E-state index in [0.29, 0.717) is 6.10 Å². The standard InChI is InChI=1S/C28H42O/c1-4-6-8-10-11-13-15-25-16-18-26(19-17-25)27-20-22-28(23-21-27)29-24(3)14-12-9-7-5-2/h16-24H,4-15H2,1-3H3. The van der Waals surface area contributed by atoms with Crippen LogP contribution in [0.1, 0.15) is 97.0 Å². The smallest absolute Gasteiger partial charge is 0.119 e. The zero-order valence-corrected chi connectivity index (χ0v) is 19.1. The summed E-state index contributed by atoms with van der Waals surface area (Å²) in [7, 11) is 0. The van der Waals surface area contributed by atoms with Crippen LogP contribution in [0.2, 0.25) is 0 Å². The number of aryl methyl sites for hydroxylation is 1. The number of hydrogen-bond donors (Lipinski definition) is 0. The van der Waals surface area contributed by atoms with E-state index < -0.39 is 0 Å². The molecule has 0 amide bonds. The predicted octanol–water partition coefficient (Wildman–Crippen LogP) is 8.99. The minimum Gasteiger partial charge on any atom is -0.491 e. The summed E-state index contributed by atoms with van der Waals surface area (Å²) in [5.41, 5.74) is 4.01. The van der Waals surface area contributed by atoms with Crippen molar-refractivity contribution in [2.45, 2.75) is 104 Å². The molecule has 0 aliphatic rings. The predicted molar refractivity (Wildman–Crippen MR) is 128 cm³/mol. The highest BCUT2D eigenvalue weighted by Gasteiger charge is 2.05. The summed E-state index contributed by atoms with van der Waals surface area (Å²) in [6, 6.07) is 17.7. The number of rotatable bonds is 15. The molecule has 0 bridgehead atoms. The summed E-state index contributed by atoms with van der Waals surface area (Å²) < 4.78 is 6.08. The summed E-state index contributed by atoms with van der Waals surface area (Å²) in [6.07, 6.45) is 16.0. The van der Waals surface area contributed by atoms with Gasteiger partial charge < -0.3 is 4.74 Å². The maximum Gasteiger partial charge on any atom is 0.119 e. The van der Waals surface area contributed by atoms with Crippen molar-refractivity contribution >= 4 is 0 Å². The first-order valence-corrected chi connectivity index (χ1v) is 12.1. The van der Waals surface area contributed by atoms with Gasteiger partial charge in [-0.3, -0.25) is 0 Å². The third-order valence-corrected chi connectivity index (χ3v) is 5.76. The van der Waals surface area contributed by atoms with Crippen LogP contribution in [0.3, 0.4) is 0 Å². The summed E-state index contributed by atoms with van der Waals surface area (Å²) in [6.45, 7) is 6.71. The molecule has 0 radical (unpaired) electrons. The van der Waals surface area contributed by atoms with E-state index in [1.807, 2.05) is 0 Å². The molecule has 0 aromatic heterocycles. The van der Waals surface area contributed by atoms with Gasteiger partial charge in [-0.05, 0) is 61.4 Å². The molecule has 1 atom stereocenters. The van der Waals surface area contributed by atoms with Crippen LogP contribution in [-0.4, -0.2) is 6.10 Å². The summed E-state index contributed by atoms with van der Waals surface area (Å²) in [5.74, 6) is 0.983. The second-order valence-electron chi connectivity index (χ2n) is 8.52. The van der Waals surface area contributed by atoms with E-state index in [1.165, 1.54) is 87.3 Å². The number of ether oxygens (including phenoxy) is 1. The van der Waals surface area contributed by atoms with Crippen molar-refractivity contribution in [1.29, 1.82) is 0 Å². The average molecular weight is 395 g/mol. The van der Waals surface area contributed by atoms with Gasteiger partial charge in [0.05, 0.1) is 6.10 Å². The molecule has 2 aromatic rings. The normalized spacial score (nSPS) is 12.1. The van der Waals surface area contributed by atoms with Gasteiger partial charge in [-0.25, -0.2) is 0 Å². The van der Waals surface area contributed by atoms with Crippen LogP contribution in [0.25, 0.3) is 11.1 Å². The van der Waals surface area contributed by atoms with Gasteiger partial charge in [0.1, 0.15) is 5.75 Å². The van der Waals surface area contributed by atoms with Crippen LogP contribution in [0, 0.1) is 0 Å². The first-order chi connectivity index (χ1) is 14.2. The molecule has 1 nitrogen and oxygen atoms in total. The van der Waals surface area contributed by atoms with Crippen molar-refractivity contribution in [3.8, 4) is 16.9 Å². The quantitative estimate of drug-likeness (QED) is 0.274. The summed E-state index contributed by atoms with van der Waals surface area (Å²) in [5, 5.41) is 0. The van der Waals surface area contributed by atoms with Gasteiger partial charge in [-0.15, -0.1) is 0 Å². The zero-order valence-electron chi connectivity index (χ0n) is 19.1. The Kier molecular flexibility index (Phi) is 11.6. The van der Waals surface area contributed by atoms with Crippen LogP contribution in [0.15, 0.2) is 48.5 Å². The molecular formula is C28H42O. The summed E-state index contributed by atoms with van der Waals surface area (Å²) >= 11 is 0. The molecule has 0 aliphatic carbocycles. The Morgan fingerprint density at radius 3 is 1.76 bits per heavy atom. The molecule has 0 saturated heterocycles. The Bertz CT molecular complexity index is 641. The van der Waals surface area contributed by atoms with E-state index >= 15 is 0 Å². The van der Waals surface area contributed by atoms with Gasteiger partial charge in [0, 0.05) is 0 Å². The first-order valence-electron chi connectivity index (χ1n) is 12.1. The lowest BCUT2D eigenvalue weighted by Gasteiger charge is -2.15. The molecule has 1 unspecified atom stereocenters. The van der Waals surface area contributed by atoms with E-state index in [-0.39, 0.29) is 0 Å². The highest BCUT2D eigenvalue weighted by atomic mass is 16.5. The van der Waals surface area contributed by atoms with Gasteiger partial charge in [0.15, 0.2) is 0 Å². The monoisotopic (exact) mass is 394 g/mol. The van der Waals surface area contributed by atoms with Crippen LogP contribution >= 0.6 is 0 Å².